The largest absolute Gasteiger partial charge is 0.480 e. The van der Waals surface area contributed by atoms with Crippen LogP contribution in [0.15, 0.2) is 8.96 Å². The molecule has 0 aromatic carbocycles. The van der Waals surface area contributed by atoms with Gasteiger partial charge in [-0.05, 0) is 31.9 Å². The number of carboxylic acids is 2. The van der Waals surface area contributed by atoms with Crippen molar-refractivity contribution in [1.29, 1.82) is 0 Å². The number of carboxylic acid groups (broad SMARTS) is 2. The van der Waals surface area contributed by atoms with Gasteiger partial charge < -0.3 is 20.8 Å². The van der Waals surface area contributed by atoms with E-state index in [2.05, 4.69) is 55.1 Å². The van der Waals surface area contributed by atoms with Crippen molar-refractivity contribution < 1.29 is 39.0 Å². The zero-order valence-corrected chi connectivity index (χ0v) is 18.5. The van der Waals surface area contributed by atoms with Gasteiger partial charge in [-0.25, -0.2) is 9.69 Å². The first-order chi connectivity index (χ1) is 13.4. The zero-order chi connectivity index (χ0) is 22.5. The highest BCUT2D eigenvalue weighted by Gasteiger charge is 2.52. The quantitative estimate of drug-likeness (QED) is 0.136. The molecule has 0 aromatic heterocycles. The maximum Gasteiger partial charge on any atom is 0.345 e. The Kier molecular flexibility index (Phi) is 8.80. The standard InChI is InChI=1S/C14H16Br2N4O8S/c15-8-9(16)12(26)20(11(8)25)14(17,13(27)28)2-1-6(21)19-5(4-29)10(24)18-3-7(22)23/h5,29H,1-4,17H2,(H,18,24)(H,19,21)(H,22,23)(H,27,28). The molecule has 0 aromatic rings. The number of amides is 4. The van der Waals surface area contributed by atoms with Crippen molar-refractivity contribution >= 4 is 80.1 Å². The van der Waals surface area contributed by atoms with E-state index in [0.29, 0.717) is 4.90 Å². The average Bonchev–Trinajstić information content (AvgIpc) is 2.85. The molecule has 1 aliphatic rings. The molecule has 15 heteroatoms. The molecule has 2 unspecified atom stereocenters. The highest BCUT2D eigenvalue weighted by atomic mass is 79.9. The number of hydrogen-bond donors (Lipinski definition) is 6. The molecule has 29 heavy (non-hydrogen) atoms. The first-order valence-electron chi connectivity index (χ1n) is 7.73. The van der Waals surface area contributed by atoms with E-state index in [0.717, 1.165) is 0 Å². The van der Waals surface area contributed by atoms with Crippen LogP contribution >= 0.6 is 44.5 Å². The SMILES string of the molecule is NC(CCC(=O)NC(CS)C(=O)NCC(=O)O)(C(=O)O)N1C(=O)C(Br)=C(Br)C1=O. The van der Waals surface area contributed by atoms with Gasteiger partial charge in [0.1, 0.15) is 21.6 Å². The van der Waals surface area contributed by atoms with Gasteiger partial charge in [-0.15, -0.1) is 0 Å². The summed E-state index contributed by atoms with van der Waals surface area (Å²) in [6.45, 7) is -0.667. The molecular weight excluding hydrogens is 544 g/mol. The smallest absolute Gasteiger partial charge is 0.345 e. The van der Waals surface area contributed by atoms with Crippen molar-refractivity contribution in [3.05, 3.63) is 8.96 Å². The summed E-state index contributed by atoms with van der Waals surface area (Å²) in [6.07, 6.45) is -1.21. The molecule has 0 spiro atoms. The molecule has 12 nitrogen and oxygen atoms in total. The fourth-order valence-corrected chi connectivity index (χ4v) is 3.15. The fraction of sp³-hybridized carbons (Fsp3) is 0.429. The molecule has 0 radical (unpaired) electrons. The minimum atomic E-state index is -2.53. The summed E-state index contributed by atoms with van der Waals surface area (Å²) < 4.78 is -0.429. The van der Waals surface area contributed by atoms with E-state index in [-0.39, 0.29) is 14.7 Å². The molecule has 0 saturated heterocycles. The van der Waals surface area contributed by atoms with Crippen molar-refractivity contribution in [3.8, 4) is 0 Å². The fourth-order valence-electron chi connectivity index (χ4n) is 2.20. The number of hydrogen-bond acceptors (Lipinski definition) is 8. The Morgan fingerprint density at radius 3 is 2.07 bits per heavy atom. The van der Waals surface area contributed by atoms with E-state index in [4.69, 9.17) is 10.8 Å². The van der Waals surface area contributed by atoms with E-state index in [9.17, 15) is 33.9 Å². The summed E-state index contributed by atoms with van der Waals surface area (Å²) in [5.41, 5.74) is 3.25. The summed E-state index contributed by atoms with van der Waals surface area (Å²) in [6, 6.07) is -1.19. The Balaban J connectivity index is 2.84. The molecule has 4 amide bonds. The highest BCUT2D eigenvalue weighted by Crippen LogP contribution is 2.34. The molecule has 0 aliphatic carbocycles. The lowest BCUT2D eigenvalue weighted by Crippen LogP contribution is -2.64. The number of nitrogens with two attached hydrogens (primary N) is 1. The number of imide groups is 1. The van der Waals surface area contributed by atoms with Crippen molar-refractivity contribution in [2.24, 2.45) is 5.73 Å². The van der Waals surface area contributed by atoms with Crippen LogP contribution in [0.25, 0.3) is 0 Å². The van der Waals surface area contributed by atoms with Crippen LogP contribution in [0.4, 0.5) is 0 Å². The second kappa shape index (κ2) is 10.2. The van der Waals surface area contributed by atoms with Gasteiger partial charge in [0.25, 0.3) is 11.8 Å². The maximum atomic E-state index is 12.2. The number of nitrogens with one attached hydrogen (secondary N) is 2. The normalized spacial score (nSPS) is 17.0. The summed E-state index contributed by atoms with van der Waals surface area (Å²) in [5, 5.41) is 22.3. The van der Waals surface area contributed by atoms with E-state index >= 15 is 0 Å². The second-order valence-electron chi connectivity index (χ2n) is 5.72. The van der Waals surface area contributed by atoms with Gasteiger partial charge in [0.2, 0.25) is 11.8 Å². The number of nitrogens with zero attached hydrogens (tertiary/aromatic N) is 1. The Bertz CT molecular complexity index is 780. The van der Waals surface area contributed by atoms with Gasteiger partial charge >= 0.3 is 11.9 Å². The van der Waals surface area contributed by atoms with Crippen LogP contribution in [-0.4, -0.2) is 74.7 Å². The van der Waals surface area contributed by atoms with Crippen molar-refractivity contribution in [3.63, 3.8) is 0 Å². The van der Waals surface area contributed by atoms with Crippen LogP contribution in [0.3, 0.4) is 0 Å². The molecule has 0 bridgehead atoms. The molecule has 2 atom stereocenters. The monoisotopic (exact) mass is 558 g/mol. The van der Waals surface area contributed by atoms with Crippen LogP contribution in [0.2, 0.25) is 0 Å². The van der Waals surface area contributed by atoms with Crippen molar-refractivity contribution in [1.82, 2.24) is 15.5 Å². The number of halogens is 2. The van der Waals surface area contributed by atoms with E-state index in [1.807, 2.05) is 0 Å². The minimum Gasteiger partial charge on any atom is -0.480 e. The Morgan fingerprint density at radius 2 is 1.66 bits per heavy atom. The zero-order valence-electron chi connectivity index (χ0n) is 14.5. The highest BCUT2D eigenvalue weighted by molar-refractivity contribution is 9.14. The summed E-state index contributed by atoms with van der Waals surface area (Å²) in [7, 11) is 0. The second-order valence-corrected chi connectivity index (χ2v) is 7.67. The molecular formula is C14H16Br2N4O8S. The number of thiol groups is 1. The third kappa shape index (κ3) is 5.77. The lowest BCUT2D eigenvalue weighted by molar-refractivity contribution is -0.162. The van der Waals surface area contributed by atoms with Crippen LogP contribution in [-0.2, 0) is 28.8 Å². The Morgan fingerprint density at radius 1 is 1.14 bits per heavy atom. The number of rotatable bonds is 10. The third-order valence-corrected chi connectivity index (χ3v) is 6.09. The van der Waals surface area contributed by atoms with Crippen LogP contribution in [0.1, 0.15) is 12.8 Å². The van der Waals surface area contributed by atoms with Gasteiger partial charge in [-0.1, -0.05) is 0 Å². The summed E-state index contributed by atoms with van der Waals surface area (Å²) >= 11 is 9.60. The summed E-state index contributed by atoms with van der Waals surface area (Å²) in [5.74, 6) is -6.80. The minimum absolute atomic E-state index is 0.170. The van der Waals surface area contributed by atoms with Crippen molar-refractivity contribution in [2.45, 2.75) is 24.5 Å². The topological polar surface area (TPSA) is 196 Å². The third-order valence-electron chi connectivity index (χ3n) is 3.73. The number of aliphatic carboxylic acids is 2. The lowest BCUT2D eigenvalue weighted by Gasteiger charge is -2.33. The van der Waals surface area contributed by atoms with E-state index in [1.54, 1.807) is 0 Å². The molecule has 1 aliphatic heterocycles. The van der Waals surface area contributed by atoms with Gasteiger partial charge in [-0.2, -0.15) is 12.6 Å². The Hall–Kier alpha value is -1.97. The van der Waals surface area contributed by atoms with Gasteiger partial charge in [0, 0.05) is 18.6 Å². The number of carbonyl (C=O) groups excluding carboxylic acids is 4. The predicted molar refractivity (Wildman–Crippen MR) is 107 cm³/mol. The first kappa shape index (κ1) is 25.1. The molecule has 1 rings (SSSR count). The molecule has 160 valence electrons. The average molecular weight is 560 g/mol. The van der Waals surface area contributed by atoms with Gasteiger partial charge in [-0.3, -0.25) is 29.7 Å². The lowest BCUT2D eigenvalue weighted by atomic mass is 10.0. The molecule has 6 N–H and O–H groups in total. The van der Waals surface area contributed by atoms with Gasteiger partial charge in [0.15, 0.2) is 5.66 Å². The summed E-state index contributed by atoms with van der Waals surface area (Å²) in [4.78, 5) is 70.8. The van der Waals surface area contributed by atoms with Crippen LogP contribution in [0, 0.1) is 0 Å². The van der Waals surface area contributed by atoms with Crippen LogP contribution in [0.5, 0.6) is 0 Å². The van der Waals surface area contributed by atoms with Crippen molar-refractivity contribution in [2.75, 3.05) is 12.3 Å². The maximum absolute atomic E-state index is 12.2. The first-order valence-corrected chi connectivity index (χ1v) is 9.94. The predicted octanol–water partition coefficient (Wildman–Crippen LogP) is -1.51. The Labute approximate surface area is 185 Å². The molecule has 0 saturated carbocycles. The van der Waals surface area contributed by atoms with Gasteiger partial charge in [0.05, 0.1) is 0 Å². The molecule has 0 fully saturated rings. The van der Waals surface area contributed by atoms with Crippen LogP contribution < -0.4 is 16.4 Å². The number of carbonyl (C=O) groups is 6. The van der Waals surface area contributed by atoms with E-state index in [1.165, 1.54) is 0 Å². The van der Waals surface area contributed by atoms with E-state index < -0.39 is 66.7 Å². The molecule has 1 heterocycles.